The number of benzene rings is 1. The summed E-state index contributed by atoms with van der Waals surface area (Å²) in [7, 11) is 1.49. The van der Waals surface area contributed by atoms with Crippen molar-refractivity contribution in [3.05, 3.63) is 23.8 Å². The number of hydrogen-bond acceptors (Lipinski definition) is 4. The van der Waals surface area contributed by atoms with E-state index in [4.69, 9.17) is 4.74 Å². The lowest BCUT2D eigenvalue weighted by Gasteiger charge is -2.38. The molecule has 5 nitrogen and oxygen atoms in total. The lowest BCUT2D eigenvalue weighted by atomic mass is 10.1. The number of rotatable bonds is 5. The van der Waals surface area contributed by atoms with Gasteiger partial charge in [0, 0.05) is 25.2 Å². The maximum atomic E-state index is 12.5. The summed E-state index contributed by atoms with van der Waals surface area (Å²) in [5, 5.41) is 12.9. The van der Waals surface area contributed by atoms with E-state index in [2.05, 4.69) is 12.2 Å². The molecule has 0 aromatic heterocycles. The first-order chi connectivity index (χ1) is 9.17. The second kappa shape index (κ2) is 5.93. The molecule has 1 aromatic rings. The van der Waals surface area contributed by atoms with Crippen molar-refractivity contribution in [1.82, 2.24) is 10.2 Å². The molecule has 0 atom stereocenters. The molecule has 2 N–H and O–H groups in total. The summed E-state index contributed by atoms with van der Waals surface area (Å²) in [4.78, 5) is 14.3. The Morgan fingerprint density at radius 2 is 2.26 bits per heavy atom. The number of methoxy groups -OCH3 is 1. The van der Waals surface area contributed by atoms with E-state index in [1.165, 1.54) is 13.2 Å². The molecule has 0 bridgehead atoms. The number of amides is 1. The minimum atomic E-state index is -0.0358. The van der Waals surface area contributed by atoms with Crippen LogP contribution < -0.4 is 10.1 Å². The maximum absolute atomic E-state index is 12.5. The average Bonchev–Trinajstić information content (AvgIpc) is 2.35. The van der Waals surface area contributed by atoms with Crippen molar-refractivity contribution in [3.63, 3.8) is 0 Å². The van der Waals surface area contributed by atoms with Crippen molar-refractivity contribution < 1.29 is 14.6 Å². The molecule has 0 saturated carbocycles. The van der Waals surface area contributed by atoms with Crippen LogP contribution in [0.5, 0.6) is 11.5 Å². The van der Waals surface area contributed by atoms with Gasteiger partial charge in [-0.25, -0.2) is 0 Å². The van der Waals surface area contributed by atoms with Gasteiger partial charge in [-0.05, 0) is 24.6 Å². The molecular weight excluding hydrogens is 244 g/mol. The van der Waals surface area contributed by atoms with Crippen LogP contribution in [-0.4, -0.2) is 48.7 Å². The molecule has 1 heterocycles. The third-order valence-electron chi connectivity index (χ3n) is 3.35. The molecule has 1 fully saturated rings. The Kier molecular flexibility index (Phi) is 4.27. The summed E-state index contributed by atoms with van der Waals surface area (Å²) in [5.74, 6) is 0.340. The van der Waals surface area contributed by atoms with E-state index in [1.807, 2.05) is 4.90 Å². The van der Waals surface area contributed by atoms with Crippen LogP contribution in [0.1, 0.15) is 23.7 Å². The lowest BCUT2D eigenvalue weighted by Crippen LogP contribution is -2.59. The predicted octanol–water partition coefficient (Wildman–Crippen LogP) is 1.22. The highest BCUT2D eigenvalue weighted by Crippen LogP contribution is 2.27. The van der Waals surface area contributed by atoms with Gasteiger partial charge in [-0.1, -0.05) is 6.92 Å². The molecule has 1 aliphatic heterocycles. The van der Waals surface area contributed by atoms with Crippen LogP contribution in [0.15, 0.2) is 18.2 Å². The van der Waals surface area contributed by atoms with Gasteiger partial charge in [0.1, 0.15) is 0 Å². The summed E-state index contributed by atoms with van der Waals surface area (Å²) < 4.78 is 4.98. The van der Waals surface area contributed by atoms with Crippen molar-refractivity contribution in [2.45, 2.75) is 19.4 Å². The Morgan fingerprint density at radius 1 is 1.53 bits per heavy atom. The molecule has 0 spiro atoms. The molecule has 0 radical (unpaired) electrons. The largest absolute Gasteiger partial charge is 0.504 e. The average molecular weight is 264 g/mol. The molecule has 1 aliphatic rings. The zero-order chi connectivity index (χ0) is 13.8. The molecule has 1 amide bonds. The summed E-state index contributed by atoms with van der Waals surface area (Å²) in [6, 6.07) is 5.04. The SMILES string of the molecule is CCCN(C(=O)c1ccc(OC)c(O)c1)C1CNC1. The number of carbonyl (C=O) groups is 1. The van der Waals surface area contributed by atoms with Crippen molar-refractivity contribution in [3.8, 4) is 11.5 Å². The Balaban J connectivity index is 2.18. The molecular formula is C14H20N2O3. The Bertz CT molecular complexity index is 458. The van der Waals surface area contributed by atoms with E-state index in [0.717, 1.165) is 26.1 Å². The third-order valence-corrected chi connectivity index (χ3v) is 3.35. The van der Waals surface area contributed by atoms with Gasteiger partial charge in [-0.15, -0.1) is 0 Å². The molecule has 1 saturated heterocycles. The zero-order valence-corrected chi connectivity index (χ0v) is 11.3. The fourth-order valence-electron chi connectivity index (χ4n) is 2.17. The smallest absolute Gasteiger partial charge is 0.254 e. The van der Waals surface area contributed by atoms with Crippen molar-refractivity contribution in [2.75, 3.05) is 26.7 Å². The summed E-state index contributed by atoms with van der Waals surface area (Å²) in [5.41, 5.74) is 0.499. The normalized spacial score (nSPS) is 14.8. The van der Waals surface area contributed by atoms with Crippen molar-refractivity contribution in [2.24, 2.45) is 0 Å². The van der Waals surface area contributed by atoms with Gasteiger partial charge in [0.2, 0.25) is 0 Å². The van der Waals surface area contributed by atoms with E-state index in [-0.39, 0.29) is 17.7 Å². The molecule has 19 heavy (non-hydrogen) atoms. The highest BCUT2D eigenvalue weighted by molar-refractivity contribution is 5.95. The molecule has 2 rings (SSSR count). The summed E-state index contributed by atoms with van der Waals surface area (Å²) >= 11 is 0. The Hall–Kier alpha value is -1.75. The minimum Gasteiger partial charge on any atom is -0.504 e. The fraction of sp³-hybridized carbons (Fsp3) is 0.500. The number of carbonyl (C=O) groups excluding carboxylic acids is 1. The number of hydrogen-bond donors (Lipinski definition) is 2. The van der Waals surface area contributed by atoms with Gasteiger partial charge >= 0.3 is 0 Å². The van der Waals surface area contributed by atoms with Crippen LogP contribution in [0.3, 0.4) is 0 Å². The number of phenols is 1. The van der Waals surface area contributed by atoms with Gasteiger partial charge in [-0.3, -0.25) is 4.79 Å². The van der Waals surface area contributed by atoms with E-state index in [1.54, 1.807) is 12.1 Å². The van der Waals surface area contributed by atoms with Gasteiger partial charge < -0.3 is 20.1 Å². The van der Waals surface area contributed by atoms with Crippen LogP contribution in [-0.2, 0) is 0 Å². The molecule has 104 valence electrons. The summed E-state index contributed by atoms with van der Waals surface area (Å²) in [6.07, 6.45) is 0.921. The zero-order valence-electron chi connectivity index (χ0n) is 11.3. The van der Waals surface area contributed by atoms with Gasteiger partial charge in [0.15, 0.2) is 11.5 Å². The van der Waals surface area contributed by atoms with Crippen LogP contribution >= 0.6 is 0 Å². The molecule has 0 aliphatic carbocycles. The third kappa shape index (κ3) is 2.81. The lowest BCUT2D eigenvalue weighted by molar-refractivity contribution is 0.0615. The van der Waals surface area contributed by atoms with Crippen LogP contribution in [0.4, 0.5) is 0 Å². The van der Waals surface area contributed by atoms with E-state index in [0.29, 0.717) is 11.3 Å². The number of ether oxygens (including phenoxy) is 1. The van der Waals surface area contributed by atoms with Crippen LogP contribution in [0.2, 0.25) is 0 Å². The minimum absolute atomic E-state index is 0.00321. The molecule has 0 unspecified atom stereocenters. The Morgan fingerprint density at radius 3 is 2.74 bits per heavy atom. The highest BCUT2D eigenvalue weighted by atomic mass is 16.5. The van der Waals surface area contributed by atoms with Crippen LogP contribution in [0.25, 0.3) is 0 Å². The van der Waals surface area contributed by atoms with Gasteiger partial charge in [0.25, 0.3) is 5.91 Å². The quantitative estimate of drug-likeness (QED) is 0.839. The Labute approximate surface area is 113 Å². The maximum Gasteiger partial charge on any atom is 0.254 e. The number of aromatic hydroxyl groups is 1. The summed E-state index contributed by atoms with van der Waals surface area (Å²) in [6.45, 7) is 4.47. The van der Waals surface area contributed by atoms with Crippen LogP contribution in [0, 0.1) is 0 Å². The first-order valence-electron chi connectivity index (χ1n) is 6.56. The highest BCUT2D eigenvalue weighted by Gasteiger charge is 2.28. The van der Waals surface area contributed by atoms with E-state index >= 15 is 0 Å². The van der Waals surface area contributed by atoms with Gasteiger partial charge in [-0.2, -0.15) is 0 Å². The number of nitrogens with zero attached hydrogens (tertiary/aromatic N) is 1. The van der Waals surface area contributed by atoms with Gasteiger partial charge in [0.05, 0.1) is 13.2 Å². The monoisotopic (exact) mass is 264 g/mol. The first kappa shape index (κ1) is 13.7. The van der Waals surface area contributed by atoms with E-state index < -0.39 is 0 Å². The number of phenolic OH excluding ortho intramolecular Hbond substituents is 1. The first-order valence-corrected chi connectivity index (χ1v) is 6.56. The van der Waals surface area contributed by atoms with Crippen molar-refractivity contribution >= 4 is 5.91 Å². The van der Waals surface area contributed by atoms with Crippen molar-refractivity contribution in [1.29, 1.82) is 0 Å². The second-order valence-corrected chi connectivity index (χ2v) is 4.70. The molecule has 5 heteroatoms. The second-order valence-electron chi connectivity index (χ2n) is 4.70. The topological polar surface area (TPSA) is 61.8 Å². The van der Waals surface area contributed by atoms with E-state index in [9.17, 15) is 9.90 Å². The predicted molar refractivity (Wildman–Crippen MR) is 72.6 cm³/mol. The number of nitrogens with one attached hydrogen (secondary N) is 1. The molecule has 1 aromatic carbocycles. The fourth-order valence-corrected chi connectivity index (χ4v) is 2.17. The standard InChI is InChI=1S/C14H20N2O3/c1-3-6-16(11-8-15-9-11)14(18)10-4-5-13(19-2)12(17)7-10/h4-5,7,11,15,17H,3,6,8-9H2,1-2H3.